The van der Waals surface area contributed by atoms with Crippen molar-refractivity contribution in [2.75, 3.05) is 47.4 Å². The highest BCUT2D eigenvalue weighted by atomic mass is 31.2. The zero-order valence-electron chi connectivity index (χ0n) is 31.1. The van der Waals surface area contributed by atoms with Crippen molar-refractivity contribution in [2.24, 2.45) is 52.3 Å². The summed E-state index contributed by atoms with van der Waals surface area (Å²) in [7, 11) is 1.78. The lowest BCUT2D eigenvalue weighted by atomic mass is 9.47. The van der Waals surface area contributed by atoms with Gasteiger partial charge in [-0.15, -0.1) is 0 Å². The van der Waals surface area contributed by atoms with E-state index in [0.717, 1.165) is 60.7 Å². The summed E-state index contributed by atoms with van der Waals surface area (Å²) >= 11 is 0. The van der Waals surface area contributed by atoms with Crippen molar-refractivity contribution in [3.05, 3.63) is 11.6 Å². The summed E-state index contributed by atoms with van der Waals surface area (Å²) in [6, 6.07) is 0. The van der Waals surface area contributed by atoms with E-state index in [-0.39, 0.29) is 36.8 Å². The second-order valence-electron chi connectivity index (χ2n) is 17.3. The number of phosphoric acid groups is 1. The Morgan fingerprint density at radius 3 is 2.40 bits per heavy atom. The summed E-state index contributed by atoms with van der Waals surface area (Å²) in [5.74, 6) is 5.67. The van der Waals surface area contributed by atoms with Gasteiger partial charge in [-0.3, -0.25) is 9.05 Å². The van der Waals surface area contributed by atoms with Crippen molar-refractivity contribution in [3.63, 3.8) is 0 Å². The Hall–Kier alpha value is -0.960. The topological polar surface area (TPSA) is 124 Å². The monoisotopic (exact) mass is 684 g/mol. The van der Waals surface area contributed by atoms with Crippen LogP contribution in [-0.2, 0) is 18.3 Å². The molecule has 0 spiro atoms. The SMILES string of the molecule is CC[C@H](CC[C@@H](C)[C@H]1CC[C@H]2[C@@H]3CC=C4C[C@@H](OC(=O)NCCOP(=O)(O)OCC[N+](C)(C)C)CC[C@]4(C)[C@H]3CC[C@]12C)C(C)C.[OH-]. The normalized spacial score (nSPS) is 34.5. The van der Waals surface area contributed by atoms with Crippen molar-refractivity contribution < 1.29 is 38.0 Å². The van der Waals surface area contributed by atoms with Crippen LogP contribution in [0.25, 0.3) is 0 Å². The minimum atomic E-state index is -4.15. The lowest BCUT2D eigenvalue weighted by Gasteiger charge is -2.58. The number of hydrogen-bond donors (Lipinski definition) is 2. The molecule has 4 aliphatic carbocycles. The van der Waals surface area contributed by atoms with Gasteiger partial charge in [-0.1, -0.05) is 66.0 Å². The maximum Gasteiger partial charge on any atom is 0.472 e. The summed E-state index contributed by atoms with van der Waals surface area (Å²) in [5.41, 5.74) is 2.18. The number of nitrogens with zero attached hydrogens (tertiary/aromatic N) is 1. The van der Waals surface area contributed by atoms with Gasteiger partial charge in [-0.2, -0.15) is 0 Å². The lowest BCUT2D eigenvalue weighted by molar-refractivity contribution is -0.870. The maximum atomic E-state index is 12.6. The molecule has 3 fully saturated rings. The molecule has 0 aromatic carbocycles. The largest absolute Gasteiger partial charge is 0.870 e. The third-order valence-corrected chi connectivity index (χ3v) is 14.2. The van der Waals surface area contributed by atoms with E-state index in [1.54, 1.807) is 0 Å². The van der Waals surface area contributed by atoms with E-state index in [0.29, 0.717) is 16.4 Å². The number of alkyl carbamates (subject to hydrolysis) is 1. The summed E-state index contributed by atoms with van der Waals surface area (Å²) < 4.78 is 28.6. The molecule has 10 atom stereocenters. The number of nitrogens with one attached hydrogen (secondary N) is 1. The number of quaternary nitrogens is 1. The number of phosphoric ester groups is 1. The average Bonchev–Trinajstić information content (AvgIpc) is 3.32. The molecule has 47 heavy (non-hydrogen) atoms. The molecule has 0 heterocycles. The Balaban J connectivity index is 0.00000600. The van der Waals surface area contributed by atoms with Crippen LogP contribution in [0.3, 0.4) is 0 Å². The smallest absolute Gasteiger partial charge is 0.472 e. The molecule has 4 aliphatic rings. The van der Waals surface area contributed by atoms with Gasteiger partial charge in [0.05, 0.1) is 27.7 Å². The summed E-state index contributed by atoms with van der Waals surface area (Å²) in [5, 5.41) is 2.68. The van der Waals surface area contributed by atoms with E-state index < -0.39 is 13.9 Å². The van der Waals surface area contributed by atoms with Crippen molar-refractivity contribution in [3.8, 4) is 0 Å². The number of carbonyl (C=O) groups is 1. The molecule has 0 aromatic rings. The van der Waals surface area contributed by atoms with Gasteiger partial charge >= 0.3 is 13.9 Å². The second kappa shape index (κ2) is 16.4. The number of hydrogen-bond acceptors (Lipinski definition) is 6. The number of allylic oxidation sites excluding steroid dienone is 1. The highest BCUT2D eigenvalue weighted by Gasteiger charge is 2.59. The van der Waals surface area contributed by atoms with Crippen LogP contribution >= 0.6 is 7.82 Å². The number of carbonyl (C=O) groups excluding carboxylic acids is 1. The molecule has 4 rings (SSSR count). The highest BCUT2D eigenvalue weighted by Crippen LogP contribution is 2.67. The molecule has 3 N–H and O–H groups in total. The molecule has 9 nitrogen and oxygen atoms in total. The fourth-order valence-electron chi connectivity index (χ4n) is 10.4. The molecule has 0 aliphatic heterocycles. The molecular formula is C37H69N2O7P. The van der Waals surface area contributed by atoms with Crippen LogP contribution in [0.2, 0.25) is 0 Å². The van der Waals surface area contributed by atoms with Crippen LogP contribution < -0.4 is 5.32 Å². The molecule has 10 heteroatoms. The quantitative estimate of drug-likeness (QED) is 0.0768. The third-order valence-electron chi connectivity index (χ3n) is 13.2. The standard InChI is InChI=1S/C37H67N2O6P.H2O/c1-10-28(26(2)3)12-11-27(4)32-15-16-33-31-14-13-29-25-30(17-19-36(29,5)34(31)18-20-37(32,33)6)45-35(40)38-21-23-43-46(41,42)44-24-22-39(7,8)9;/h13,26-28,30-34H,10-12,14-25H2,1-9H3,(H-,38,40,41,42);1H2/t27-,28-,30+,31+,32-,33+,34+,36+,37-;/m1./s1. The molecule has 0 saturated heterocycles. The van der Waals surface area contributed by atoms with Crippen molar-refractivity contribution in [1.82, 2.24) is 5.32 Å². The third kappa shape index (κ3) is 9.85. The molecule has 0 aromatic heterocycles. The molecule has 3 saturated carbocycles. The van der Waals surface area contributed by atoms with Crippen molar-refractivity contribution in [2.45, 2.75) is 118 Å². The zero-order valence-corrected chi connectivity index (χ0v) is 32.0. The number of ether oxygens (including phenoxy) is 1. The van der Waals surface area contributed by atoms with Crippen LogP contribution in [0.15, 0.2) is 11.6 Å². The minimum Gasteiger partial charge on any atom is -0.870 e. The minimum absolute atomic E-state index is 0. The van der Waals surface area contributed by atoms with E-state index in [2.05, 4.69) is 52.9 Å². The number of likely N-dealkylation sites (N-methyl/N-ethyl adjacent to an activating group) is 1. The predicted molar refractivity (Wildman–Crippen MR) is 187 cm³/mol. The summed E-state index contributed by atoms with van der Waals surface area (Å²) in [6.45, 7) is 15.5. The molecule has 1 amide bonds. The van der Waals surface area contributed by atoms with Crippen LogP contribution in [0.5, 0.6) is 0 Å². The van der Waals surface area contributed by atoms with Gasteiger partial charge in [-0.25, -0.2) is 9.36 Å². The van der Waals surface area contributed by atoms with Gasteiger partial charge in [-0.05, 0) is 104 Å². The summed E-state index contributed by atoms with van der Waals surface area (Å²) in [6.07, 6.45) is 15.4. The van der Waals surface area contributed by atoms with Gasteiger partial charge in [0.1, 0.15) is 19.3 Å². The maximum absolute atomic E-state index is 12.6. The van der Waals surface area contributed by atoms with Gasteiger partial charge < -0.3 is 24.9 Å². The van der Waals surface area contributed by atoms with Crippen LogP contribution in [0.4, 0.5) is 4.79 Å². The number of rotatable bonds is 15. The lowest BCUT2D eigenvalue weighted by Crippen LogP contribution is -2.51. The fraction of sp³-hybridized carbons (Fsp3) is 0.919. The average molecular weight is 685 g/mol. The molecule has 1 unspecified atom stereocenters. The second-order valence-corrected chi connectivity index (χ2v) is 18.8. The van der Waals surface area contributed by atoms with Gasteiger partial charge in [0.25, 0.3) is 0 Å². The first kappa shape index (κ1) is 40.5. The van der Waals surface area contributed by atoms with Crippen molar-refractivity contribution in [1.29, 1.82) is 0 Å². The van der Waals surface area contributed by atoms with E-state index in [9.17, 15) is 14.3 Å². The Morgan fingerprint density at radius 2 is 1.74 bits per heavy atom. The fourth-order valence-corrected chi connectivity index (χ4v) is 11.1. The predicted octanol–water partition coefficient (Wildman–Crippen LogP) is 8.42. The van der Waals surface area contributed by atoms with Crippen LogP contribution in [-0.4, -0.2) is 74.5 Å². The molecule has 274 valence electrons. The Kier molecular flexibility index (Phi) is 14.1. The van der Waals surface area contributed by atoms with Crippen LogP contribution in [0, 0.1) is 52.3 Å². The number of fused-ring (bicyclic) bond motifs is 5. The van der Waals surface area contributed by atoms with Gasteiger partial charge in [0, 0.05) is 13.0 Å². The van der Waals surface area contributed by atoms with E-state index in [4.69, 9.17) is 13.8 Å². The highest BCUT2D eigenvalue weighted by molar-refractivity contribution is 7.47. The van der Waals surface area contributed by atoms with E-state index in [1.807, 2.05) is 21.1 Å². The Morgan fingerprint density at radius 1 is 1.04 bits per heavy atom. The first-order chi connectivity index (χ1) is 21.5. The molecule has 0 radical (unpaired) electrons. The first-order valence-corrected chi connectivity index (χ1v) is 20.0. The van der Waals surface area contributed by atoms with Gasteiger partial charge in [0.2, 0.25) is 0 Å². The van der Waals surface area contributed by atoms with E-state index in [1.165, 1.54) is 56.9 Å². The van der Waals surface area contributed by atoms with E-state index >= 15 is 0 Å². The number of amides is 1. The molecule has 0 bridgehead atoms. The molecular weight excluding hydrogens is 615 g/mol. The van der Waals surface area contributed by atoms with Gasteiger partial charge in [0.15, 0.2) is 0 Å². The van der Waals surface area contributed by atoms with Crippen molar-refractivity contribution >= 4 is 13.9 Å². The zero-order chi connectivity index (χ0) is 33.9. The Labute approximate surface area is 286 Å². The Bertz CT molecular complexity index is 1110. The first-order valence-electron chi connectivity index (χ1n) is 18.6. The van der Waals surface area contributed by atoms with Crippen LogP contribution in [0.1, 0.15) is 112 Å². The summed E-state index contributed by atoms with van der Waals surface area (Å²) in [4.78, 5) is 22.5.